The maximum absolute atomic E-state index is 12.6. The third-order valence-electron chi connectivity index (χ3n) is 4.76. The smallest absolute Gasteiger partial charge is 0.253 e. The number of pyridine rings is 1. The van der Waals surface area contributed by atoms with E-state index < -0.39 is 0 Å². The molecule has 3 aromatic rings. The van der Waals surface area contributed by atoms with Gasteiger partial charge in [0.25, 0.3) is 5.91 Å². The Balaban J connectivity index is 1.32. The Bertz CT molecular complexity index is 996. The van der Waals surface area contributed by atoms with E-state index in [-0.39, 0.29) is 5.91 Å². The molecule has 29 heavy (non-hydrogen) atoms. The summed E-state index contributed by atoms with van der Waals surface area (Å²) in [5, 5.41) is 0.962. The van der Waals surface area contributed by atoms with Gasteiger partial charge >= 0.3 is 0 Å². The van der Waals surface area contributed by atoms with Crippen LogP contribution in [0.3, 0.4) is 0 Å². The molecule has 0 bridgehead atoms. The zero-order valence-corrected chi connectivity index (χ0v) is 15.7. The highest BCUT2D eigenvalue weighted by molar-refractivity contribution is 5.94. The minimum Gasteiger partial charge on any atom is -0.374 e. The van der Waals surface area contributed by atoms with Crippen molar-refractivity contribution < 1.29 is 19.3 Å². The Morgan fingerprint density at radius 3 is 2.48 bits per heavy atom. The summed E-state index contributed by atoms with van der Waals surface area (Å²) in [5.74, 6) is 0.984. The number of piperazine rings is 1. The molecule has 4 rings (SSSR count). The van der Waals surface area contributed by atoms with E-state index in [4.69, 9.17) is 9.68 Å². The number of para-hydroxylation sites is 1. The molecule has 1 aliphatic heterocycles. The molecule has 0 atom stereocenters. The van der Waals surface area contributed by atoms with Gasteiger partial charge in [-0.2, -0.15) is 0 Å². The SMILES string of the molecule is O=CN1CCN(C(=O)c2ccc(ONOc3cccc4cccnc34)cc2)CC1. The Morgan fingerprint density at radius 1 is 0.966 bits per heavy atom. The fourth-order valence-electron chi connectivity index (χ4n) is 3.15. The molecular formula is C21H20N4O4. The van der Waals surface area contributed by atoms with Crippen molar-refractivity contribution in [3.05, 3.63) is 66.4 Å². The molecule has 2 aromatic carbocycles. The molecule has 0 radical (unpaired) electrons. The van der Waals surface area contributed by atoms with E-state index in [1.165, 1.54) is 0 Å². The van der Waals surface area contributed by atoms with Gasteiger partial charge in [-0.25, -0.2) is 0 Å². The summed E-state index contributed by atoms with van der Waals surface area (Å²) in [6, 6.07) is 16.2. The lowest BCUT2D eigenvalue weighted by atomic mass is 10.2. The molecule has 2 heterocycles. The number of hydrogen-bond acceptors (Lipinski definition) is 6. The van der Waals surface area contributed by atoms with Crippen molar-refractivity contribution >= 4 is 23.2 Å². The lowest BCUT2D eigenvalue weighted by Gasteiger charge is -2.32. The standard InChI is InChI=1S/C21H20N4O4/c26-15-24-11-13-25(14-12-24)21(27)17-6-8-18(9-7-17)28-23-29-19-5-1-3-16-4-2-10-22-20(16)19/h1-10,15,23H,11-14H2. The first-order chi connectivity index (χ1) is 14.2. The third-order valence-corrected chi connectivity index (χ3v) is 4.76. The molecule has 0 spiro atoms. The van der Waals surface area contributed by atoms with Gasteiger partial charge in [-0.15, -0.1) is 0 Å². The number of hydrogen-bond donors (Lipinski definition) is 1. The van der Waals surface area contributed by atoms with Gasteiger partial charge in [0, 0.05) is 49.0 Å². The molecule has 1 N–H and O–H groups in total. The van der Waals surface area contributed by atoms with E-state index in [0.29, 0.717) is 43.2 Å². The van der Waals surface area contributed by atoms with Gasteiger partial charge in [-0.05, 0) is 36.4 Å². The second-order valence-electron chi connectivity index (χ2n) is 6.58. The van der Waals surface area contributed by atoms with Crippen LogP contribution in [-0.4, -0.2) is 53.3 Å². The number of benzene rings is 2. The lowest BCUT2D eigenvalue weighted by molar-refractivity contribution is -0.119. The average molecular weight is 392 g/mol. The molecule has 1 aliphatic rings. The van der Waals surface area contributed by atoms with Crippen molar-refractivity contribution in [1.82, 2.24) is 20.4 Å². The molecule has 8 heteroatoms. The van der Waals surface area contributed by atoms with Gasteiger partial charge < -0.3 is 19.5 Å². The van der Waals surface area contributed by atoms with Crippen molar-refractivity contribution in [2.75, 3.05) is 26.2 Å². The second-order valence-corrected chi connectivity index (χ2v) is 6.58. The zero-order chi connectivity index (χ0) is 20.1. The number of fused-ring (bicyclic) bond motifs is 1. The van der Waals surface area contributed by atoms with E-state index in [9.17, 15) is 9.59 Å². The van der Waals surface area contributed by atoms with E-state index in [0.717, 1.165) is 17.3 Å². The topological polar surface area (TPSA) is 84.0 Å². The number of nitrogens with zero attached hydrogens (tertiary/aromatic N) is 3. The third kappa shape index (κ3) is 4.27. The van der Waals surface area contributed by atoms with Gasteiger partial charge in [0.15, 0.2) is 11.5 Å². The van der Waals surface area contributed by atoms with Crippen LogP contribution < -0.4 is 15.3 Å². The van der Waals surface area contributed by atoms with E-state index in [1.54, 1.807) is 46.3 Å². The summed E-state index contributed by atoms with van der Waals surface area (Å²) in [5.41, 5.74) is 3.75. The van der Waals surface area contributed by atoms with Crippen LogP contribution in [0, 0.1) is 0 Å². The predicted molar refractivity (Wildman–Crippen MR) is 106 cm³/mol. The lowest BCUT2D eigenvalue weighted by Crippen LogP contribution is -2.48. The monoisotopic (exact) mass is 392 g/mol. The highest BCUT2D eigenvalue weighted by Gasteiger charge is 2.21. The van der Waals surface area contributed by atoms with Crippen molar-refractivity contribution in [2.45, 2.75) is 0 Å². The highest BCUT2D eigenvalue weighted by Crippen LogP contribution is 2.22. The van der Waals surface area contributed by atoms with Crippen molar-refractivity contribution in [1.29, 1.82) is 0 Å². The van der Waals surface area contributed by atoms with Gasteiger partial charge in [0.1, 0.15) is 5.52 Å². The molecule has 148 valence electrons. The summed E-state index contributed by atoms with van der Waals surface area (Å²) in [4.78, 5) is 41.9. The first kappa shape index (κ1) is 18.7. The largest absolute Gasteiger partial charge is 0.374 e. The van der Waals surface area contributed by atoms with E-state index >= 15 is 0 Å². The van der Waals surface area contributed by atoms with Crippen LogP contribution in [-0.2, 0) is 4.79 Å². The number of carbonyl (C=O) groups excluding carboxylic acids is 2. The van der Waals surface area contributed by atoms with Gasteiger partial charge in [0.05, 0.1) is 0 Å². The van der Waals surface area contributed by atoms with Gasteiger partial charge in [0.2, 0.25) is 6.41 Å². The highest BCUT2D eigenvalue weighted by atomic mass is 16.9. The second kappa shape index (κ2) is 8.57. The van der Waals surface area contributed by atoms with Gasteiger partial charge in [-0.3, -0.25) is 14.6 Å². The first-order valence-corrected chi connectivity index (χ1v) is 9.26. The Labute approximate surface area is 167 Å². The van der Waals surface area contributed by atoms with Crippen LogP contribution in [0.4, 0.5) is 0 Å². The number of nitrogens with one attached hydrogen (secondary N) is 1. The minimum absolute atomic E-state index is 0.0619. The maximum atomic E-state index is 12.6. The summed E-state index contributed by atoms with van der Waals surface area (Å²) >= 11 is 0. The van der Waals surface area contributed by atoms with Gasteiger partial charge in [-0.1, -0.05) is 18.2 Å². The van der Waals surface area contributed by atoms with Crippen LogP contribution in [0.2, 0.25) is 0 Å². The van der Waals surface area contributed by atoms with E-state index in [2.05, 4.69) is 10.6 Å². The predicted octanol–water partition coefficient (Wildman–Crippen LogP) is 2.03. The normalized spacial score (nSPS) is 13.9. The Hall–Kier alpha value is -3.65. The number of carbonyl (C=O) groups is 2. The van der Waals surface area contributed by atoms with Crippen LogP contribution in [0.5, 0.6) is 11.5 Å². The molecule has 1 fully saturated rings. The van der Waals surface area contributed by atoms with Crippen molar-refractivity contribution in [2.24, 2.45) is 0 Å². The Morgan fingerprint density at radius 2 is 1.72 bits per heavy atom. The fraction of sp³-hybridized carbons (Fsp3) is 0.190. The van der Waals surface area contributed by atoms with Crippen LogP contribution >= 0.6 is 0 Å². The quantitative estimate of drug-likeness (QED) is 0.510. The van der Waals surface area contributed by atoms with Crippen molar-refractivity contribution in [3.8, 4) is 11.5 Å². The fourth-order valence-corrected chi connectivity index (χ4v) is 3.15. The van der Waals surface area contributed by atoms with E-state index in [1.807, 2.05) is 24.3 Å². The van der Waals surface area contributed by atoms with Crippen molar-refractivity contribution in [3.63, 3.8) is 0 Å². The first-order valence-electron chi connectivity index (χ1n) is 9.26. The number of aromatic nitrogens is 1. The molecular weight excluding hydrogens is 372 g/mol. The molecule has 0 saturated carbocycles. The molecule has 8 nitrogen and oxygen atoms in total. The summed E-state index contributed by atoms with van der Waals surface area (Å²) < 4.78 is 0. The number of rotatable bonds is 6. The molecule has 2 amide bonds. The summed E-state index contributed by atoms with van der Waals surface area (Å²) in [6.07, 6.45) is 2.52. The molecule has 1 saturated heterocycles. The molecule has 1 aromatic heterocycles. The number of amides is 2. The maximum Gasteiger partial charge on any atom is 0.253 e. The molecule has 0 aliphatic carbocycles. The summed E-state index contributed by atoms with van der Waals surface area (Å²) in [6.45, 7) is 2.18. The molecule has 0 unspecified atom stereocenters. The van der Waals surface area contributed by atoms with Crippen LogP contribution in [0.1, 0.15) is 10.4 Å². The Kier molecular flexibility index (Phi) is 5.53. The average Bonchev–Trinajstić information content (AvgIpc) is 2.79. The van der Waals surface area contributed by atoms with Crippen LogP contribution in [0.25, 0.3) is 10.9 Å². The van der Waals surface area contributed by atoms with Crippen LogP contribution in [0.15, 0.2) is 60.8 Å². The zero-order valence-electron chi connectivity index (χ0n) is 15.7. The summed E-state index contributed by atoms with van der Waals surface area (Å²) in [7, 11) is 0. The minimum atomic E-state index is -0.0619.